The third-order valence-electron chi connectivity index (χ3n) is 1.82. The molecule has 0 aromatic rings. The van der Waals surface area contributed by atoms with Crippen LogP contribution in [0.15, 0.2) is 0 Å². The van der Waals surface area contributed by atoms with E-state index >= 15 is 0 Å². The fourth-order valence-electron chi connectivity index (χ4n) is 1.08. The second-order valence-electron chi connectivity index (χ2n) is 3.07. The first-order valence-corrected chi connectivity index (χ1v) is 6.29. The Morgan fingerprint density at radius 2 is 2.08 bits per heavy atom. The molecule has 0 radical (unpaired) electrons. The number of hydrogen-bond acceptors (Lipinski definition) is 2. The molecule has 0 aromatic carbocycles. The molecule has 0 aromatic heterocycles. The van der Waals surface area contributed by atoms with Gasteiger partial charge in [0.1, 0.15) is 0 Å². The van der Waals surface area contributed by atoms with Gasteiger partial charge in [-0.05, 0) is 13.0 Å². The Labute approximate surface area is 87.1 Å². The van der Waals surface area contributed by atoms with Crippen molar-refractivity contribution in [1.82, 2.24) is 5.32 Å². The van der Waals surface area contributed by atoms with E-state index in [1.165, 1.54) is 25.7 Å². The Morgan fingerprint density at radius 3 is 2.77 bits per heavy atom. The van der Waals surface area contributed by atoms with E-state index in [0.29, 0.717) is 0 Å². The monoisotopic (exact) mass is 199 g/mol. The summed E-state index contributed by atoms with van der Waals surface area (Å²) in [6.07, 6.45) is 10.5. The molecule has 0 saturated heterocycles. The maximum Gasteiger partial charge on any atom is 0.0545 e. The molecular weight excluding hydrogens is 178 g/mol. The van der Waals surface area contributed by atoms with Crippen LogP contribution in [-0.2, 0) is 0 Å². The fourth-order valence-corrected chi connectivity index (χ4v) is 1.63. The van der Waals surface area contributed by atoms with E-state index in [0.717, 1.165) is 24.6 Å². The lowest BCUT2D eigenvalue weighted by atomic mass is 10.2. The number of terminal acetylenes is 1. The minimum absolute atomic E-state index is 0.845. The lowest BCUT2D eigenvalue weighted by Gasteiger charge is -2.02. The molecule has 0 heterocycles. The van der Waals surface area contributed by atoms with Gasteiger partial charge in [-0.2, -0.15) is 0 Å². The third-order valence-corrected chi connectivity index (χ3v) is 2.68. The van der Waals surface area contributed by atoms with Crippen LogP contribution in [0.1, 0.15) is 32.6 Å². The zero-order valence-corrected chi connectivity index (χ0v) is 9.46. The van der Waals surface area contributed by atoms with E-state index in [1.807, 2.05) is 11.8 Å². The van der Waals surface area contributed by atoms with Gasteiger partial charge in [-0.15, -0.1) is 18.2 Å². The largest absolute Gasteiger partial charge is 0.316 e. The second kappa shape index (κ2) is 11.9. The zero-order chi connectivity index (χ0) is 9.78. The standard InChI is InChI=1S/C11H21NS/c1-3-5-6-7-8-12-9-11-13-10-4-2/h2,12H,3,5-11H2,1H3. The summed E-state index contributed by atoms with van der Waals surface area (Å²) < 4.78 is 0. The van der Waals surface area contributed by atoms with Gasteiger partial charge in [0.2, 0.25) is 0 Å². The Hall–Kier alpha value is -0.130. The Kier molecular flexibility index (Phi) is 11.8. The molecule has 13 heavy (non-hydrogen) atoms. The van der Waals surface area contributed by atoms with E-state index in [2.05, 4.69) is 18.2 Å². The molecule has 0 aliphatic carbocycles. The normalized spacial score (nSPS) is 9.85. The highest BCUT2D eigenvalue weighted by Gasteiger charge is 1.88. The number of thioether (sulfide) groups is 1. The van der Waals surface area contributed by atoms with Crippen molar-refractivity contribution in [3.05, 3.63) is 0 Å². The molecule has 0 aliphatic heterocycles. The summed E-state index contributed by atoms with van der Waals surface area (Å²) in [6, 6.07) is 0. The van der Waals surface area contributed by atoms with E-state index < -0.39 is 0 Å². The van der Waals surface area contributed by atoms with Gasteiger partial charge in [-0.25, -0.2) is 0 Å². The highest BCUT2D eigenvalue weighted by atomic mass is 32.2. The van der Waals surface area contributed by atoms with Crippen LogP contribution < -0.4 is 5.32 Å². The average molecular weight is 199 g/mol. The minimum atomic E-state index is 0.845. The minimum Gasteiger partial charge on any atom is -0.316 e. The van der Waals surface area contributed by atoms with Gasteiger partial charge >= 0.3 is 0 Å². The first-order valence-electron chi connectivity index (χ1n) is 5.13. The highest BCUT2D eigenvalue weighted by molar-refractivity contribution is 7.99. The lowest BCUT2D eigenvalue weighted by molar-refractivity contribution is 0.613. The van der Waals surface area contributed by atoms with E-state index in [1.54, 1.807) is 0 Å². The highest BCUT2D eigenvalue weighted by Crippen LogP contribution is 1.98. The summed E-state index contributed by atoms with van der Waals surface area (Å²) in [4.78, 5) is 0. The van der Waals surface area contributed by atoms with Gasteiger partial charge < -0.3 is 5.32 Å². The van der Waals surface area contributed by atoms with Gasteiger partial charge in [0.05, 0.1) is 5.75 Å². The van der Waals surface area contributed by atoms with Crippen molar-refractivity contribution in [3.8, 4) is 12.3 Å². The van der Waals surface area contributed by atoms with Gasteiger partial charge in [-0.1, -0.05) is 32.1 Å². The van der Waals surface area contributed by atoms with Crippen LogP contribution in [0.3, 0.4) is 0 Å². The summed E-state index contributed by atoms with van der Waals surface area (Å²) in [5.74, 6) is 4.60. The summed E-state index contributed by atoms with van der Waals surface area (Å²) in [6.45, 7) is 4.50. The first kappa shape index (κ1) is 12.9. The van der Waals surface area contributed by atoms with E-state index in [9.17, 15) is 0 Å². The van der Waals surface area contributed by atoms with Crippen molar-refractivity contribution in [2.45, 2.75) is 32.6 Å². The smallest absolute Gasteiger partial charge is 0.0545 e. The molecule has 0 amide bonds. The number of rotatable bonds is 9. The lowest BCUT2D eigenvalue weighted by Crippen LogP contribution is -2.18. The molecule has 0 atom stereocenters. The van der Waals surface area contributed by atoms with Crippen LogP contribution in [0.5, 0.6) is 0 Å². The Bertz CT molecular complexity index is 129. The van der Waals surface area contributed by atoms with Crippen LogP contribution in [-0.4, -0.2) is 24.6 Å². The zero-order valence-electron chi connectivity index (χ0n) is 8.64. The Balaban J connectivity index is 2.80. The van der Waals surface area contributed by atoms with Crippen LogP contribution >= 0.6 is 11.8 Å². The van der Waals surface area contributed by atoms with Gasteiger partial charge in [-0.3, -0.25) is 0 Å². The van der Waals surface area contributed by atoms with Crippen LogP contribution in [0.2, 0.25) is 0 Å². The van der Waals surface area contributed by atoms with Crippen LogP contribution in [0.25, 0.3) is 0 Å². The molecule has 0 spiro atoms. The summed E-state index contributed by atoms with van der Waals surface area (Å²) >= 11 is 1.82. The molecule has 1 nitrogen and oxygen atoms in total. The average Bonchev–Trinajstić information content (AvgIpc) is 2.16. The first-order chi connectivity index (χ1) is 6.41. The van der Waals surface area contributed by atoms with Crippen molar-refractivity contribution in [3.63, 3.8) is 0 Å². The van der Waals surface area contributed by atoms with Crippen molar-refractivity contribution < 1.29 is 0 Å². The molecule has 0 unspecified atom stereocenters. The van der Waals surface area contributed by atoms with Crippen molar-refractivity contribution in [2.75, 3.05) is 24.6 Å². The van der Waals surface area contributed by atoms with E-state index in [4.69, 9.17) is 6.42 Å². The summed E-state index contributed by atoms with van der Waals surface area (Å²) in [5, 5.41) is 3.41. The summed E-state index contributed by atoms with van der Waals surface area (Å²) in [5.41, 5.74) is 0. The topological polar surface area (TPSA) is 12.0 Å². The predicted molar refractivity (Wildman–Crippen MR) is 63.2 cm³/mol. The molecule has 0 bridgehead atoms. The predicted octanol–water partition coefficient (Wildman–Crippen LogP) is 2.52. The molecule has 0 rings (SSSR count). The quantitative estimate of drug-likeness (QED) is 0.452. The van der Waals surface area contributed by atoms with Gasteiger partial charge in [0.25, 0.3) is 0 Å². The van der Waals surface area contributed by atoms with Crippen molar-refractivity contribution in [2.24, 2.45) is 0 Å². The van der Waals surface area contributed by atoms with E-state index in [-0.39, 0.29) is 0 Å². The third kappa shape index (κ3) is 11.9. The molecule has 0 saturated carbocycles. The van der Waals surface area contributed by atoms with Gasteiger partial charge in [0, 0.05) is 12.3 Å². The van der Waals surface area contributed by atoms with Crippen molar-refractivity contribution in [1.29, 1.82) is 0 Å². The van der Waals surface area contributed by atoms with Crippen molar-refractivity contribution >= 4 is 11.8 Å². The fraction of sp³-hybridized carbons (Fsp3) is 0.818. The van der Waals surface area contributed by atoms with Crippen LogP contribution in [0.4, 0.5) is 0 Å². The molecule has 0 fully saturated rings. The number of hydrogen-bond donors (Lipinski definition) is 1. The molecule has 0 aliphatic rings. The maximum atomic E-state index is 5.13. The second-order valence-corrected chi connectivity index (χ2v) is 4.17. The summed E-state index contributed by atoms with van der Waals surface area (Å²) in [7, 11) is 0. The SMILES string of the molecule is C#CCSCCNCCCCCC. The van der Waals surface area contributed by atoms with Crippen LogP contribution in [0, 0.1) is 12.3 Å². The maximum absolute atomic E-state index is 5.13. The molecular formula is C11H21NS. The molecule has 2 heteroatoms. The van der Waals surface area contributed by atoms with Gasteiger partial charge in [0.15, 0.2) is 0 Å². The Morgan fingerprint density at radius 1 is 1.23 bits per heavy atom. The number of nitrogens with one attached hydrogen (secondary N) is 1. The molecule has 76 valence electrons. The number of unbranched alkanes of at least 4 members (excludes halogenated alkanes) is 3. The molecule has 1 N–H and O–H groups in total.